The van der Waals surface area contributed by atoms with Crippen molar-refractivity contribution in [3.05, 3.63) is 131 Å². The molecule has 9 nitrogen and oxygen atoms in total. The number of aliphatic hydroxyl groups is 1. The summed E-state index contributed by atoms with van der Waals surface area (Å²) in [6.07, 6.45) is 4.09. The maximum absolute atomic E-state index is 12.9. The van der Waals surface area contributed by atoms with E-state index in [1.54, 1.807) is 0 Å². The zero-order valence-electron chi connectivity index (χ0n) is 32.5. The molecule has 4 aromatic rings. The van der Waals surface area contributed by atoms with Crippen molar-refractivity contribution < 1.29 is 28.9 Å². The van der Waals surface area contributed by atoms with Gasteiger partial charge in [-0.25, -0.2) is 9.59 Å². The highest BCUT2D eigenvalue weighted by Gasteiger charge is 2.50. The van der Waals surface area contributed by atoms with Gasteiger partial charge in [0.25, 0.3) is 0 Å². The highest BCUT2D eigenvalue weighted by atomic mass is 16.7. The van der Waals surface area contributed by atoms with Gasteiger partial charge in [0, 0.05) is 44.1 Å². The van der Waals surface area contributed by atoms with Gasteiger partial charge in [0.1, 0.15) is 6.04 Å². The Labute approximate surface area is 325 Å². The predicted octanol–water partition coefficient (Wildman–Crippen LogP) is 7.88. The number of aliphatic hydroxyl groups excluding tert-OH is 1. The molecular formula is C46H55N3O6. The second kappa shape index (κ2) is 16.7. The van der Waals surface area contributed by atoms with Crippen LogP contribution in [0.5, 0.6) is 0 Å². The largest absolute Gasteiger partial charge is 0.467 e. The molecule has 0 radical (unpaired) electrons. The van der Waals surface area contributed by atoms with Crippen molar-refractivity contribution in [1.82, 2.24) is 15.5 Å². The van der Waals surface area contributed by atoms with E-state index in [2.05, 4.69) is 78.8 Å². The number of fused-ring (bicyclic) bond motifs is 2. The summed E-state index contributed by atoms with van der Waals surface area (Å²) in [5.41, 5.74) is 7.45. The molecule has 290 valence electrons. The highest BCUT2D eigenvalue weighted by Crippen LogP contribution is 2.53. The number of hydrogen-bond donors (Lipinski definition) is 3. The van der Waals surface area contributed by atoms with Crippen molar-refractivity contribution in [2.45, 2.75) is 96.6 Å². The van der Waals surface area contributed by atoms with E-state index in [1.165, 1.54) is 26.4 Å². The van der Waals surface area contributed by atoms with Gasteiger partial charge in [-0.1, -0.05) is 112 Å². The second-order valence-electron chi connectivity index (χ2n) is 16.9. The standard InChI is InChI=1S/C46H55N3O6/c1-45(2)24-38-25-46(3,29-45)30-49(38)27-39-23-41(34-18-16-32(28-50)17-19-34)55-43(54-39)37-15-9-14-36(22-37)35-13-8-12-33(20-35)26-47-44(52)48-40(42(51)53-4)21-31-10-6-5-7-11-31/h5-20,22,38-41,43,50H,21,23-30H2,1-4H3,(H2,47,48,52)/t38?,39-,40+,41+,43+,46?/m1/s1. The molecular weight excluding hydrogens is 691 g/mol. The molecule has 2 bridgehead atoms. The highest BCUT2D eigenvalue weighted by molar-refractivity contribution is 5.83. The SMILES string of the molecule is COC(=O)[C@H](Cc1ccccc1)NC(=O)NCc1cccc(-c2cccc([C@H]3O[C@@H](CN4CC5(C)CC4CC(C)(C)C5)C[C@@H](c4ccc(CO)cc4)O3)c2)c1. The first-order chi connectivity index (χ1) is 26.5. The number of urea groups is 1. The number of esters is 1. The Kier molecular flexibility index (Phi) is 11.7. The summed E-state index contributed by atoms with van der Waals surface area (Å²) in [7, 11) is 1.32. The molecule has 3 N–H and O–H groups in total. The Bertz CT molecular complexity index is 1930. The maximum Gasteiger partial charge on any atom is 0.328 e. The summed E-state index contributed by atoms with van der Waals surface area (Å²) in [5.74, 6) is -0.499. The van der Waals surface area contributed by atoms with Crippen LogP contribution in [0.1, 0.15) is 86.7 Å². The number of methoxy groups -OCH3 is 1. The van der Waals surface area contributed by atoms with Crippen LogP contribution in [-0.2, 0) is 38.6 Å². The van der Waals surface area contributed by atoms with Crippen molar-refractivity contribution >= 4 is 12.0 Å². The third-order valence-electron chi connectivity index (χ3n) is 11.5. The molecule has 1 saturated carbocycles. The summed E-state index contributed by atoms with van der Waals surface area (Å²) >= 11 is 0. The number of rotatable bonds is 12. The fraction of sp³-hybridized carbons (Fsp3) is 0.435. The van der Waals surface area contributed by atoms with Gasteiger partial charge < -0.3 is 30.0 Å². The summed E-state index contributed by atoms with van der Waals surface area (Å²) < 4.78 is 18.6. The minimum Gasteiger partial charge on any atom is -0.467 e. The van der Waals surface area contributed by atoms with Crippen molar-refractivity contribution in [3.63, 3.8) is 0 Å². The van der Waals surface area contributed by atoms with Gasteiger partial charge in [-0.05, 0) is 75.6 Å². The summed E-state index contributed by atoms with van der Waals surface area (Å²) in [6, 6.07) is 33.3. The normalized spacial score (nSPS) is 25.2. The van der Waals surface area contributed by atoms with E-state index in [1.807, 2.05) is 60.7 Å². The molecule has 2 unspecified atom stereocenters. The summed E-state index contributed by atoms with van der Waals surface area (Å²) in [4.78, 5) is 28.1. The topological polar surface area (TPSA) is 109 Å². The molecule has 3 fully saturated rings. The minimum absolute atomic E-state index is 0.00744. The van der Waals surface area contributed by atoms with Gasteiger partial charge in [0.15, 0.2) is 6.29 Å². The van der Waals surface area contributed by atoms with Crippen LogP contribution in [0.4, 0.5) is 4.79 Å². The molecule has 1 aliphatic carbocycles. The third-order valence-corrected chi connectivity index (χ3v) is 11.5. The smallest absolute Gasteiger partial charge is 0.328 e. The van der Waals surface area contributed by atoms with Crippen molar-refractivity contribution in [2.75, 3.05) is 20.2 Å². The molecule has 55 heavy (non-hydrogen) atoms. The fourth-order valence-electron chi connectivity index (χ4n) is 9.39. The number of nitrogens with one attached hydrogen (secondary N) is 2. The second-order valence-corrected chi connectivity index (χ2v) is 16.9. The molecule has 6 atom stereocenters. The average Bonchev–Trinajstić information content (AvgIpc) is 3.43. The number of ether oxygens (including phenoxy) is 3. The molecule has 4 aromatic carbocycles. The van der Waals surface area contributed by atoms with Gasteiger partial charge in [-0.2, -0.15) is 0 Å². The van der Waals surface area contributed by atoms with Crippen LogP contribution in [0.3, 0.4) is 0 Å². The Morgan fingerprint density at radius 3 is 2.33 bits per heavy atom. The van der Waals surface area contributed by atoms with E-state index in [9.17, 15) is 14.7 Å². The lowest BCUT2D eigenvalue weighted by atomic mass is 9.65. The Balaban J connectivity index is 1.05. The minimum atomic E-state index is -0.810. The van der Waals surface area contributed by atoms with Gasteiger partial charge >= 0.3 is 12.0 Å². The van der Waals surface area contributed by atoms with E-state index < -0.39 is 24.3 Å². The van der Waals surface area contributed by atoms with Gasteiger partial charge in [-0.3, -0.25) is 4.90 Å². The molecule has 7 rings (SSSR count). The van der Waals surface area contributed by atoms with Crippen LogP contribution in [0.25, 0.3) is 11.1 Å². The van der Waals surface area contributed by atoms with E-state index >= 15 is 0 Å². The van der Waals surface area contributed by atoms with Gasteiger partial charge in [0.2, 0.25) is 0 Å². The van der Waals surface area contributed by atoms with E-state index in [0.717, 1.165) is 58.5 Å². The Morgan fingerprint density at radius 2 is 1.58 bits per heavy atom. The lowest BCUT2D eigenvalue weighted by Gasteiger charge is -2.41. The third kappa shape index (κ3) is 9.65. The van der Waals surface area contributed by atoms with Crippen molar-refractivity contribution in [1.29, 1.82) is 0 Å². The lowest BCUT2D eigenvalue weighted by molar-refractivity contribution is -0.253. The first kappa shape index (κ1) is 38.7. The van der Waals surface area contributed by atoms with E-state index in [0.29, 0.717) is 23.3 Å². The van der Waals surface area contributed by atoms with Crippen LogP contribution in [-0.4, -0.2) is 60.4 Å². The molecule has 2 heterocycles. The zero-order chi connectivity index (χ0) is 38.6. The van der Waals surface area contributed by atoms with Gasteiger partial charge in [-0.15, -0.1) is 0 Å². The first-order valence-corrected chi connectivity index (χ1v) is 19.6. The Hall–Kier alpha value is -4.54. The molecule has 0 aromatic heterocycles. The number of benzene rings is 4. The monoisotopic (exact) mass is 745 g/mol. The number of nitrogens with zero attached hydrogens (tertiary/aromatic N) is 1. The lowest BCUT2D eigenvalue weighted by Crippen LogP contribution is -2.47. The number of carbonyl (C=O) groups excluding carboxylic acids is 2. The van der Waals surface area contributed by atoms with E-state index in [4.69, 9.17) is 14.2 Å². The van der Waals surface area contributed by atoms with E-state index in [-0.39, 0.29) is 25.4 Å². The predicted molar refractivity (Wildman–Crippen MR) is 213 cm³/mol. The fourth-order valence-corrected chi connectivity index (χ4v) is 9.39. The van der Waals surface area contributed by atoms with Crippen LogP contribution in [0.2, 0.25) is 0 Å². The van der Waals surface area contributed by atoms with Crippen LogP contribution in [0.15, 0.2) is 103 Å². The molecule has 9 heteroatoms. The quantitative estimate of drug-likeness (QED) is 0.127. The zero-order valence-corrected chi connectivity index (χ0v) is 32.5. The van der Waals surface area contributed by atoms with Crippen LogP contribution < -0.4 is 10.6 Å². The molecule has 2 saturated heterocycles. The number of carbonyl (C=O) groups is 2. The first-order valence-electron chi connectivity index (χ1n) is 19.6. The van der Waals surface area contributed by atoms with Crippen LogP contribution in [0, 0.1) is 10.8 Å². The van der Waals surface area contributed by atoms with Gasteiger partial charge in [0.05, 0.1) is 25.9 Å². The average molecular weight is 746 g/mol. The van der Waals surface area contributed by atoms with Crippen molar-refractivity contribution in [3.8, 4) is 11.1 Å². The molecule has 2 amide bonds. The molecule has 3 aliphatic rings. The number of likely N-dealkylation sites (tertiary alicyclic amines) is 1. The summed E-state index contributed by atoms with van der Waals surface area (Å²) in [6.45, 7) is 9.55. The molecule has 2 aliphatic heterocycles. The number of amides is 2. The molecule has 0 spiro atoms. The Morgan fingerprint density at radius 1 is 0.855 bits per heavy atom. The number of hydrogen-bond acceptors (Lipinski definition) is 7. The van der Waals surface area contributed by atoms with Crippen LogP contribution >= 0.6 is 0 Å². The van der Waals surface area contributed by atoms with Crippen molar-refractivity contribution in [2.24, 2.45) is 10.8 Å². The maximum atomic E-state index is 12.9. The summed E-state index contributed by atoms with van der Waals surface area (Å²) in [5, 5.41) is 15.3.